The fourth-order valence-electron chi connectivity index (χ4n) is 4.81. The molecule has 36 heavy (non-hydrogen) atoms. The third-order valence-electron chi connectivity index (χ3n) is 5.99. The van der Waals surface area contributed by atoms with Gasteiger partial charge < -0.3 is 18.3 Å². The molecule has 0 N–H and O–H groups in total. The molecular formula is C24H10F4O8. The van der Waals surface area contributed by atoms with E-state index in [9.17, 15) is 36.7 Å². The van der Waals surface area contributed by atoms with E-state index in [1.54, 1.807) is 0 Å². The van der Waals surface area contributed by atoms with Crippen molar-refractivity contribution in [2.24, 2.45) is 0 Å². The first-order valence-corrected chi connectivity index (χ1v) is 10.4. The molecule has 2 heterocycles. The standard InChI is InChI=1S/C24H10F4O8/c25-1-2-33-8-3-10-14-11(4-8)17-19(23(32)36-21(17)30)13-6-9(34-7-24(26,27)28)5-12(15(13)14)18-16(10)20(29)35-22(18)31/h3-6H,1-2,7H2. The molecular weight excluding hydrogens is 492 g/mol. The van der Waals surface area contributed by atoms with Gasteiger partial charge in [0.15, 0.2) is 6.61 Å². The van der Waals surface area contributed by atoms with Crippen molar-refractivity contribution in [1.82, 2.24) is 0 Å². The van der Waals surface area contributed by atoms with Crippen molar-refractivity contribution in [3.63, 3.8) is 0 Å². The molecule has 182 valence electrons. The van der Waals surface area contributed by atoms with E-state index in [0.29, 0.717) is 0 Å². The highest BCUT2D eigenvalue weighted by Crippen LogP contribution is 2.45. The van der Waals surface area contributed by atoms with Crippen LogP contribution < -0.4 is 32.0 Å². The maximum atomic E-state index is 12.8. The minimum atomic E-state index is -4.69. The minimum absolute atomic E-state index is 0.0135. The normalized spacial score (nSPS) is 12.7. The molecule has 4 aromatic carbocycles. The number of furan rings is 2. The number of halogens is 4. The van der Waals surface area contributed by atoms with Gasteiger partial charge >= 0.3 is 28.7 Å². The Balaban J connectivity index is 1.91. The fourth-order valence-corrected chi connectivity index (χ4v) is 4.81. The number of fused-ring (bicyclic) bond motifs is 6. The highest BCUT2D eigenvalue weighted by atomic mass is 19.4. The van der Waals surface area contributed by atoms with Crippen LogP contribution in [0, 0.1) is 0 Å². The average Bonchev–Trinajstić information content (AvgIpc) is 3.29. The van der Waals surface area contributed by atoms with Crippen molar-refractivity contribution < 1.29 is 35.9 Å². The molecule has 0 radical (unpaired) electrons. The lowest BCUT2D eigenvalue weighted by atomic mass is 9.88. The lowest BCUT2D eigenvalue weighted by Gasteiger charge is -2.16. The molecule has 0 saturated carbocycles. The highest BCUT2D eigenvalue weighted by Gasteiger charge is 2.30. The Labute approximate surface area is 193 Å². The van der Waals surface area contributed by atoms with E-state index in [-0.39, 0.29) is 72.0 Å². The second-order valence-electron chi connectivity index (χ2n) is 8.08. The van der Waals surface area contributed by atoms with Crippen molar-refractivity contribution in [3.8, 4) is 11.5 Å². The zero-order valence-electron chi connectivity index (χ0n) is 17.7. The lowest BCUT2D eigenvalue weighted by Crippen LogP contribution is -2.19. The van der Waals surface area contributed by atoms with E-state index in [0.717, 1.165) is 12.1 Å². The molecule has 12 heteroatoms. The van der Waals surface area contributed by atoms with Gasteiger partial charge in [0, 0.05) is 21.5 Å². The van der Waals surface area contributed by atoms with Crippen LogP contribution in [0.5, 0.6) is 11.5 Å². The summed E-state index contributed by atoms with van der Waals surface area (Å²) in [5.41, 5.74) is -4.17. The van der Waals surface area contributed by atoms with Crippen LogP contribution in [-0.4, -0.2) is 26.1 Å². The van der Waals surface area contributed by atoms with Crippen LogP contribution >= 0.6 is 0 Å². The van der Waals surface area contributed by atoms with Gasteiger partial charge in [-0.15, -0.1) is 0 Å². The molecule has 0 unspecified atom stereocenters. The maximum absolute atomic E-state index is 12.8. The van der Waals surface area contributed by atoms with Crippen LogP contribution in [0.4, 0.5) is 17.6 Å². The summed E-state index contributed by atoms with van der Waals surface area (Å²) in [5, 5.41) is -0.288. The zero-order valence-corrected chi connectivity index (χ0v) is 17.7. The van der Waals surface area contributed by atoms with Gasteiger partial charge in [-0.05, 0) is 35.0 Å². The van der Waals surface area contributed by atoms with Gasteiger partial charge in [-0.25, -0.2) is 23.6 Å². The summed E-state index contributed by atoms with van der Waals surface area (Å²) >= 11 is 0. The van der Waals surface area contributed by atoms with Gasteiger partial charge in [0.2, 0.25) is 0 Å². The molecule has 0 atom stereocenters. The molecule has 0 aliphatic heterocycles. The Kier molecular flexibility index (Phi) is 4.44. The molecule has 2 aromatic heterocycles. The number of benzene rings is 4. The van der Waals surface area contributed by atoms with Crippen LogP contribution in [0.25, 0.3) is 53.9 Å². The Morgan fingerprint density at radius 2 is 0.972 bits per heavy atom. The van der Waals surface area contributed by atoms with Crippen LogP contribution in [0.1, 0.15) is 0 Å². The van der Waals surface area contributed by atoms with Crippen molar-refractivity contribution in [3.05, 3.63) is 65.9 Å². The summed E-state index contributed by atoms with van der Waals surface area (Å²) in [6, 6.07) is 4.98. The lowest BCUT2D eigenvalue weighted by molar-refractivity contribution is -0.153. The van der Waals surface area contributed by atoms with Crippen molar-refractivity contribution in [2.45, 2.75) is 6.18 Å². The van der Waals surface area contributed by atoms with Crippen molar-refractivity contribution >= 4 is 53.9 Å². The monoisotopic (exact) mass is 502 g/mol. The first kappa shape index (κ1) is 22.0. The largest absolute Gasteiger partial charge is 0.491 e. The maximum Gasteiger partial charge on any atom is 0.422 e. The molecule has 0 spiro atoms. The highest BCUT2D eigenvalue weighted by molar-refractivity contribution is 6.40. The predicted molar refractivity (Wildman–Crippen MR) is 120 cm³/mol. The third-order valence-corrected chi connectivity index (χ3v) is 5.99. The van der Waals surface area contributed by atoms with Crippen molar-refractivity contribution in [1.29, 1.82) is 0 Å². The van der Waals surface area contributed by atoms with Gasteiger partial charge in [-0.1, -0.05) is 0 Å². The molecule has 0 fully saturated rings. The van der Waals surface area contributed by atoms with E-state index in [2.05, 4.69) is 0 Å². The van der Waals surface area contributed by atoms with Crippen LogP contribution in [0.3, 0.4) is 0 Å². The number of ether oxygens (including phenoxy) is 2. The van der Waals surface area contributed by atoms with E-state index in [1.807, 2.05) is 0 Å². The quantitative estimate of drug-likeness (QED) is 0.259. The molecule has 0 saturated heterocycles. The second kappa shape index (κ2) is 7.26. The average molecular weight is 502 g/mol. The molecule has 0 amide bonds. The van der Waals surface area contributed by atoms with E-state index >= 15 is 0 Å². The topological polar surface area (TPSA) is 113 Å². The zero-order chi connectivity index (χ0) is 25.5. The fraction of sp³-hybridized carbons (Fsp3) is 0.167. The number of alkyl halides is 4. The number of rotatable bonds is 5. The van der Waals surface area contributed by atoms with Gasteiger partial charge in [0.05, 0.1) is 21.5 Å². The predicted octanol–water partition coefficient (Wildman–Crippen LogP) is 3.68. The van der Waals surface area contributed by atoms with E-state index in [1.165, 1.54) is 12.1 Å². The summed E-state index contributed by atoms with van der Waals surface area (Å²) in [4.78, 5) is 50.7. The van der Waals surface area contributed by atoms with Crippen LogP contribution in [0.15, 0.2) is 52.3 Å². The summed E-state index contributed by atoms with van der Waals surface area (Å²) in [6.45, 7) is -2.87. The molecule has 8 nitrogen and oxygen atoms in total. The first-order chi connectivity index (χ1) is 17.1. The summed E-state index contributed by atoms with van der Waals surface area (Å²) in [6.07, 6.45) is -4.69. The van der Waals surface area contributed by atoms with Crippen molar-refractivity contribution in [2.75, 3.05) is 19.9 Å². The van der Waals surface area contributed by atoms with Gasteiger partial charge in [0.25, 0.3) is 0 Å². The molecule has 0 aliphatic rings. The Bertz CT molecular complexity index is 1930. The van der Waals surface area contributed by atoms with E-state index in [4.69, 9.17) is 18.3 Å². The molecule has 0 bridgehead atoms. The number of hydrogen-bond acceptors (Lipinski definition) is 8. The number of hydrogen-bond donors (Lipinski definition) is 0. The Morgan fingerprint density at radius 3 is 1.31 bits per heavy atom. The first-order valence-electron chi connectivity index (χ1n) is 10.4. The molecule has 0 aliphatic carbocycles. The van der Waals surface area contributed by atoms with Crippen LogP contribution in [-0.2, 0) is 0 Å². The van der Waals surface area contributed by atoms with Crippen LogP contribution in [0.2, 0.25) is 0 Å². The molecule has 6 aromatic rings. The minimum Gasteiger partial charge on any atom is -0.491 e. The smallest absolute Gasteiger partial charge is 0.422 e. The second-order valence-corrected chi connectivity index (χ2v) is 8.08. The Hall–Kier alpha value is -4.48. The third kappa shape index (κ3) is 3.00. The van der Waals surface area contributed by atoms with Gasteiger partial charge in [-0.3, -0.25) is 0 Å². The van der Waals surface area contributed by atoms with E-state index < -0.39 is 42.0 Å². The van der Waals surface area contributed by atoms with Gasteiger partial charge in [0.1, 0.15) is 24.8 Å². The Morgan fingerprint density at radius 1 is 0.611 bits per heavy atom. The molecule has 6 rings (SSSR count). The summed E-state index contributed by atoms with van der Waals surface area (Å²) in [7, 11) is 0. The SMILES string of the molecule is O=c1oc(=O)c2c3cc(OCC(F)(F)F)cc4c5c(=O)oc(=O)c5c5cc(OCCF)cc(c12)c5c34. The summed E-state index contributed by atoms with van der Waals surface area (Å²) in [5.74, 6) is -0.328. The van der Waals surface area contributed by atoms with Gasteiger partial charge in [-0.2, -0.15) is 13.2 Å². The summed E-state index contributed by atoms with van der Waals surface area (Å²) < 4.78 is 71.1.